The fourth-order valence-electron chi connectivity index (χ4n) is 1.99. The number of ether oxygens (including phenoxy) is 1. The van der Waals surface area contributed by atoms with E-state index in [4.69, 9.17) is 10.5 Å². The van der Waals surface area contributed by atoms with Crippen LogP contribution in [0.1, 0.15) is 13.8 Å². The lowest BCUT2D eigenvalue weighted by Gasteiger charge is -2.21. The molecule has 1 aromatic carbocycles. The Morgan fingerprint density at radius 3 is 2.33 bits per heavy atom. The molecule has 0 aliphatic rings. The normalized spacial score (nSPS) is 10.2. The van der Waals surface area contributed by atoms with Gasteiger partial charge in [-0.05, 0) is 38.1 Å². The predicted octanol–water partition coefficient (Wildman–Crippen LogP) is 2.05. The summed E-state index contributed by atoms with van der Waals surface area (Å²) in [6.45, 7) is 6.22. The maximum Gasteiger partial charge on any atom is 0.322 e. The van der Waals surface area contributed by atoms with Crippen LogP contribution in [0.4, 0.5) is 23.3 Å². The molecule has 3 N–H and O–H groups in total. The highest BCUT2D eigenvalue weighted by atomic mass is 16.5. The number of hydrogen-bond donors (Lipinski definition) is 2. The van der Waals surface area contributed by atoms with Crippen molar-refractivity contribution in [3.05, 3.63) is 24.3 Å². The fraction of sp³-hybridized carbons (Fsp3) is 0.357. The number of methoxy groups -OCH3 is 1. The highest BCUT2D eigenvalue weighted by Crippen LogP contribution is 2.20. The second kappa shape index (κ2) is 6.74. The molecule has 21 heavy (non-hydrogen) atoms. The van der Waals surface area contributed by atoms with Crippen LogP contribution < -0.4 is 20.7 Å². The van der Waals surface area contributed by atoms with Gasteiger partial charge in [0, 0.05) is 24.5 Å². The van der Waals surface area contributed by atoms with Crippen LogP contribution in [0.15, 0.2) is 24.3 Å². The molecule has 0 spiro atoms. The molecule has 0 fully saturated rings. The Labute approximate surface area is 124 Å². The fourth-order valence-corrected chi connectivity index (χ4v) is 1.99. The number of aromatic nitrogens is 3. The number of benzene rings is 1. The molecule has 0 unspecified atom stereocenters. The van der Waals surface area contributed by atoms with Crippen molar-refractivity contribution >= 4 is 23.3 Å². The first-order chi connectivity index (χ1) is 10.2. The van der Waals surface area contributed by atoms with E-state index in [1.165, 1.54) is 12.8 Å². The van der Waals surface area contributed by atoms with Crippen molar-refractivity contribution in [3.8, 4) is 6.01 Å². The summed E-state index contributed by atoms with van der Waals surface area (Å²) in [5.74, 6) is 0.471. The number of rotatable bonds is 6. The van der Waals surface area contributed by atoms with E-state index in [-0.39, 0.29) is 12.0 Å². The van der Waals surface area contributed by atoms with E-state index in [2.05, 4.69) is 51.1 Å². The summed E-state index contributed by atoms with van der Waals surface area (Å²) in [5, 5.41) is 3.08. The number of anilines is 4. The zero-order chi connectivity index (χ0) is 15.2. The van der Waals surface area contributed by atoms with Crippen molar-refractivity contribution in [1.29, 1.82) is 0 Å². The van der Waals surface area contributed by atoms with Gasteiger partial charge in [-0.25, -0.2) is 0 Å². The van der Waals surface area contributed by atoms with Gasteiger partial charge in [0.2, 0.25) is 11.9 Å². The van der Waals surface area contributed by atoms with Crippen molar-refractivity contribution in [2.24, 2.45) is 0 Å². The Morgan fingerprint density at radius 1 is 1.10 bits per heavy atom. The molecule has 1 heterocycles. The molecule has 0 radical (unpaired) electrons. The molecule has 2 aromatic rings. The lowest BCUT2D eigenvalue weighted by molar-refractivity contribution is 0.380. The Balaban J connectivity index is 2.15. The van der Waals surface area contributed by atoms with Crippen LogP contribution in [0.25, 0.3) is 0 Å². The molecule has 0 aliphatic heterocycles. The Morgan fingerprint density at radius 2 is 1.76 bits per heavy atom. The monoisotopic (exact) mass is 288 g/mol. The van der Waals surface area contributed by atoms with Gasteiger partial charge in [0.1, 0.15) is 0 Å². The topological polar surface area (TPSA) is 89.2 Å². The number of nitrogens with zero attached hydrogens (tertiary/aromatic N) is 4. The first-order valence-corrected chi connectivity index (χ1v) is 6.83. The molecule has 0 bridgehead atoms. The second-order valence-electron chi connectivity index (χ2n) is 4.35. The van der Waals surface area contributed by atoms with Crippen molar-refractivity contribution in [2.45, 2.75) is 13.8 Å². The van der Waals surface area contributed by atoms with E-state index in [0.717, 1.165) is 18.8 Å². The maximum absolute atomic E-state index is 5.60. The number of nitrogen functional groups attached to an aromatic ring is 1. The molecule has 0 amide bonds. The first kappa shape index (κ1) is 14.8. The van der Waals surface area contributed by atoms with Crippen LogP contribution in [-0.4, -0.2) is 35.2 Å². The van der Waals surface area contributed by atoms with Gasteiger partial charge < -0.3 is 20.7 Å². The Hall–Kier alpha value is -2.57. The number of nitrogens with one attached hydrogen (secondary N) is 1. The van der Waals surface area contributed by atoms with E-state index in [9.17, 15) is 0 Å². The largest absolute Gasteiger partial charge is 0.467 e. The first-order valence-electron chi connectivity index (χ1n) is 6.83. The van der Waals surface area contributed by atoms with Crippen LogP contribution >= 0.6 is 0 Å². The molecule has 112 valence electrons. The van der Waals surface area contributed by atoms with E-state index in [1.807, 2.05) is 12.1 Å². The third-order valence-corrected chi connectivity index (χ3v) is 3.07. The SMILES string of the molecule is CCN(CC)c1ccc(Nc2nc(N)nc(OC)n2)cc1. The number of hydrogen-bond acceptors (Lipinski definition) is 7. The lowest BCUT2D eigenvalue weighted by Crippen LogP contribution is -2.21. The van der Waals surface area contributed by atoms with Crippen LogP contribution in [0.5, 0.6) is 6.01 Å². The third-order valence-electron chi connectivity index (χ3n) is 3.07. The van der Waals surface area contributed by atoms with Gasteiger partial charge in [0.15, 0.2) is 0 Å². The highest BCUT2D eigenvalue weighted by molar-refractivity contribution is 5.59. The summed E-state index contributed by atoms with van der Waals surface area (Å²) in [5.41, 5.74) is 7.65. The van der Waals surface area contributed by atoms with E-state index in [1.54, 1.807) is 0 Å². The molecule has 7 heteroatoms. The van der Waals surface area contributed by atoms with Gasteiger partial charge in [-0.3, -0.25) is 0 Å². The van der Waals surface area contributed by atoms with Crippen molar-refractivity contribution < 1.29 is 4.74 Å². The molecular weight excluding hydrogens is 268 g/mol. The third kappa shape index (κ3) is 3.71. The molecule has 0 aliphatic carbocycles. The summed E-state index contributed by atoms with van der Waals surface area (Å²) in [6.07, 6.45) is 0. The van der Waals surface area contributed by atoms with Crippen LogP contribution in [0, 0.1) is 0 Å². The highest BCUT2D eigenvalue weighted by Gasteiger charge is 2.06. The van der Waals surface area contributed by atoms with Crippen LogP contribution in [-0.2, 0) is 0 Å². The second-order valence-corrected chi connectivity index (χ2v) is 4.35. The molecule has 0 atom stereocenters. The van der Waals surface area contributed by atoms with E-state index >= 15 is 0 Å². The average Bonchev–Trinajstić information content (AvgIpc) is 2.49. The van der Waals surface area contributed by atoms with Crippen molar-refractivity contribution in [2.75, 3.05) is 36.1 Å². The smallest absolute Gasteiger partial charge is 0.322 e. The molecule has 0 saturated heterocycles. The maximum atomic E-state index is 5.60. The average molecular weight is 288 g/mol. The Bertz CT molecular complexity index is 583. The Kier molecular flexibility index (Phi) is 4.76. The molecular formula is C14H20N6O. The predicted molar refractivity (Wildman–Crippen MR) is 84.1 cm³/mol. The summed E-state index contributed by atoms with van der Waals surface area (Å²) in [4.78, 5) is 14.2. The quantitative estimate of drug-likeness (QED) is 0.840. The van der Waals surface area contributed by atoms with Gasteiger partial charge in [-0.1, -0.05) is 0 Å². The van der Waals surface area contributed by atoms with E-state index in [0.29, 0.717) is 5.95 Å². The van der Waals surface area contributed by atoms with Gasteiger partial charge in [0.25, 0.3) is 0 Å². The summed E-state index contributed by atoms with van der Waals surface area (Å²) in [7, 11) is 1.48. The summed E-state index contributed by atoms with van der Waals surface area (Å²) >= 11 is 0. The minimum Gasteiger partial charge on any atom is -0.467 e. The molecule has 0 saturated carbocycles. The van der Waals surface area contributed by atoms with Crippen molar-refractivity contribution in [1.82, 2.24) is 15.0 Å². The minimum atomic E-state index is 0.115. The summed E-state index contributed by atoms with van der Waals surface area (Å²) < 4.78 is 4.96. The van der Waals surface area contributed by atoms with Crippen molar-refractivity contribution in [3.63, 3.8) is 0 Å². The molecule has 1 aromatic heterocycles. The molecule has 2 rings (SSSR count). The lowest BCUT2D eigenvalue weighted by atomic mass is 10.2. The van der Waals surface area contributed by atoms with Crippen LogP contribution in [0.2, 0.25) is 0 Å². The zero-order valence-corrected chi connectivity index (χ0v) is 12.5. The van der Waals surface area contributed by atoms with Gasteiger partial charge in [-0.15, -0.1) is 0 Å². The zero-order valence-electron chi connectivity index (χ0n) is 12.5. The standard InChI is InChI=1S/C14H20N6O/c1-4-20(5-2)11-8-6-10(7-9-11)16-13-17-12(15)18-14(19-13)21-3/h6-9H,4-5H2,1-3H3,(H3,15,16,17,18,19). The summed E-state index contributed by atoms with van der Waals surface area (Å²) in [6, 6.07) is 8.24. The van der Waals surface area contributed by atoms with Crippen LogP contribution in [0.3, 0.4) is 0 Å². The van der Waals surface area contributed by atoms with Gasteiger partial charge >= 0.3 is 6.01 Å². The number of nitrogens with two attached hydrogens (primary N) is 1. The van der Waals surface area contributed by atoms with Gasteiger partial charge in [-0.2, -0.15) is 15.0 Å². The minimum absolute atomic E-state index is 0.115. The van der Waals surface area contributed by atoms with Gasteiger partial charge in [0.05, 0.1) is 7.11 Å². The van der Waals surface area contributed by atoms with E-state index < -0.39 is 0 Å². The molecule has 7 nitrogen and oxygen atoms in total.